The lowest BCUT2D eigenvalue weighted by atomic mass is 10.2. The molecule has 0 saturated heterocycles. The van der Waals surface area contributed by atoms with Gasteiger partial charge in [-0.05, 0) is 30.3 Å². The second kappa shape index (κ2) is 6.37. The summed E-state index contributed by atoms with van der Waals surface area (Å²) in [5, 5.41) is 15.0. The number of benzene rings is 2. The van der Waals surface area contributed by atoms with Crippen molar-refractivity contribution in [1.82, 2.24) is 5.32 Å². The zero-order valence-corrected chi connectivity index (χ0v) is 12.4. The number of nitriles is 1. The van der Waals surface area contributed by atoms with E-state index in [0.29, 0.717) is 29.7 Å². The molecule has 1 heterocycles. The Hall–Kier alpha value is -2.71. The van der Waals surface area contributed by atoms with Gasteiger partial charge in [0, 0.05) is 11.6 Å². The average molecular weight is 313 g/mol. The molecule has 0 amide bonds. The molecule has 0 saturated carbocycles. The normalized spacial score (nSPS) is 13.9. The van der Waals surface area contributed by atoms with Crippen LogP contribution in [0.3, 0.4) is 0 Å². The predicted octanol–water partition coefficient (Wildman–Crippen LogP) is 3.38. The average Bonchev–Trinajstić information content (AvgIpc) is 2.68. The first-order valence-electron chi connectivity index (χ1n) is 6.78. The molecule has 0 radical (unpaired) electrons. The van der Waals surface area contributed by atoms with E-state index >= 15 is 0 Å². The maximum absolute atomic E-state index is 8.51. The van der Waals surface area contributed by atoms with Crippen molar-refractivity contribution < 1.29 is 4.74 Å². The molecule has 0 spiro atoms. The fraction of sp³-hybridized carbons (Fsp3) is 0.125. The molecule has 1 aliphatic rings. The number of hydrogen-bond donors (Lipinski definition) is 2. The van der Waals surface area contributed by atoms with Crippen LogP contribution in [0.15, 0.2) is 47.5 Å². The molecule has 1 aliphatic heterocycles. The van der Waals surface area contributed by atoms with Crippen LogP contribution in [-0.2, 0) is 0 Å². The summed E-state index contributed by atoms with van der Waals surface area (Å²) in [5.74, 6) is 2.09. The zero-order chi connectivity index (χ0) is 15.4. The van der Waals surface area contributed by atoms with Crippen LogP contribution in [0.1, 0.15) is 5.56 Å². The highest BCUT2D eigenvalue weighted by Crippen LogP contribution is 2.36. The Bertz CT molecular complexity index is 767. The fourth-order valence-electron chi connectivity index (χ4n) is 2.15. The van der Waals surface area contributed by atoms with E-state index in [2.05, 4.69) is 15.6 Å². The van der Waals surface area contributed by atoms with Crippen molar-refractivity contribution >= 4 is 23.1 Å². The molecule has 5 nitrogen and oxygen atoms in total. The molecule has 22 heavy (non-hydrogen) atoms. The van der Waals surface area contributed by atoms with Gasteiger partial charge in [0.25, 0.3) is 0 Å². The highest BCUT2D eigenvalue weighted by Gasteiger charge is 2.19. The summed E-state index contributed by atoms with van der Waals surface area (Å²) in [6, 6.07) is 13.1. The third kappa shape index (κ3) is 2.97. The molecule has 0 aliphatic carbocycles. The van der Waals surface area contributed by atoms with Crippen LogP contribution in [0.4, 0.5) is 5.69 Å². The molecular formula is C16H13ClN4O. The van der Waals surface area contributed by atoms with Crippen LogP contribution >= 0.6 is 11.6 Å². The Morgan fingerprint density at radius 1 is 1.23 bits per heavy atom. The Balaban J connectivity index is 2.01. The van der Waals surface area contributed by atoms with Gasteiger partial charge in [0.1, 0.15) is 11.6 Å². The van der Waals surface area contributed by atoms with E-state index in [1.807, 2.05) is 42.6 Å². The number of nitrogens with one attached hydrogen (secondary N) is 2. The van der Waals surface area contributed by atoms with Gasteiger partial charge in [0.2, 0.25) is 0 Å². The van der Waals surface area contributed by atoms with Gasteiger partial charge in [-0.1, -0.05) is 23.7 Å². The van der Waals surface area contributed by atoms with Crippen LogP contribution < -0.4 is 15.4 Å². The molecule has 2 aromatic carbocycles. The number of amidine groups is 1. The van der Waals surface area contributed by atoms with E-state index in [-0.39, 0.29) is 0 Å². The van der Waals surface area contributed by atoms with Gasteiger partial charge in [-0.3, -0.25) is 4.99 Å². The first-order valence-corrected chi connectivity index (χ1v) is 7.16. The van der Waals surface area contributed by atoms with Crippen molar-refractivity contribution in [2.45, 2.75) is 0 Å². The van der Waals surface area contributed by atoms with Crippen LogP contribution in [0, 0.1) is 11.5 Å². The molecule has 6 heteroatoms. The van der Waals surface area contributed by atoms with Crippen molar-refractivity contribution in [3.05, 3.63) is 53.1 Å². The third-order valence-electron chi connectivity index (χ3n) is 3.14. The van der Waals surface area contributed by atoms with Crippen molar-refractivity contribution in [2.24, 2.45) is 4.99 Å². The molecule has 3 rings (SSSR count). The van der Waals surface area contributed by atoms with Crippen molar-refractivity contribution in [2.75, 3.05) is 18.4 Å². The van der Waals surface area contributed by atoms with E-state index < -0.39 is 0 Å². The van der Waals surface area contributed by atoms with Gasteiger partial charge in [0.05, 0.1) is 17.8 Å². The van der Waals surface area contributed by atoms with Gasteiger partial charge >= 0.3 is 0 Å². The molecule has 0 atom stereocenters. The van der Waals surface area contributed by atoms with Crippen molar-refractivity contribution in [3.8, 4) is 17.7 Å². The molecule has 0 fully saturated rings. The number of aliphatic imine (C=N–C) groups is 1. The Morgan fingerprint density at radius 3 is 2.95 bits per heavy atom. The maximum Gasteiger partial charge on any atom is 0.176 e. The summed E-state index contributed by atoms with van der Waals surface area (Å²) < 4.78 is 5.95. The van der Waals surface area contributed by atoms with E-state index in [4.69, 9.17) is 21.6 Å². The van der Waals surface area contributed by atoms with Gasteiger partial charge in [-0.25, -0.2) is 0 Å². The Labute approximate surface area is 133 Å². The van der Waals surface area contributed by atoms with Crippen molar-refractivity contribution in [1.29, 1.82) is 5.26 Å². The molecule has 0 bridgehead atoms. The first kappa shape index (κ1) is 14.2. The minimum Gasteiger partial charge on any atom is -0.454 e. The third-order valence-corrected chi connectivity index (χ3v) is 3.38. The topological polar surface area (TPSA) is 69.4 Å². The van der Waals surface area contributed by atoms with Gasteiger partial charge in [0.15, 0.2) is 11.9 Å². The number of hydrogen-bond acceptors (Lipinski definition) is 4. The minimum absolute atomic E-state index is 0.462. The molecule has 2 aromatic rings. The number of fused-ring (bicyclic) bond motifs is 2. The number of halogens is 1. The van der Waals surface area contributed by atoms with Gasteiger partial charge < -0.3 is 15.4 Å². The van der Waals surface area contributed by atoms with E-state index in [1.165, 1.54) is 0 Å². The Kier molecular flexibility index (Phi) is 4.12. The lowest BCUT2D eigenvalue weighted by Crippen LogP contribution is -2.17. The largest absolute Gasteiger partial charge is 0.454 e. The zero-order valence-electron chi connectivity index (χ0n) is 11.6. The first-order chi connectivity index (χ1) is 10.8. The summed E-state index contributed by atoms with van der Waals surface area (Å²) in [6.07, 6.45) is 1.88. The molecular weight excluding hydrogens is 300 g/mol. The second-order valence-corrected chi connectivity index (χ2v) is 5.07. The maximum atomic E-state index is 8.51. The quantitative estimate of drug-likeness (QED) is 0.518. The van der Waals surface area contributed by atoms with Crippen molar-refractivity contribution in [3.63, 3.8) is 0 Å². The lowest BCUT2D eigenvalue weighted by molar-refractivity contribution is 0.486. The second-order valence-electron chi connectivity index (χ2n) is 4.63. The highest BCUT2D eigenvalue weighted by molar-refractivity contribution is 6.31. The smallest absolute Gasteiger partial charge is 0.176 e. The Morgan fingerprint density at radius 2 is 2.09 bits per heavy atom. The molecule has 0 aromatic heterocycles. The summed E-state index contributed by atoms with van der Waals surface area (Å²) >= 11 is 6.10. The fourth-order valence-corrected chi connectivity index (χ4v) is 2.32. The molecule has 110 valence electrons. The van der Waals surface area contributed by atoms with Crippen LogP contribution in [0.2, 0.25) is 5.02 Å². The molecule has 0 unspecified atom stereocenters. The standard InChI is InChI=1S/C16H13ClN4O/c17-11-5-6-14-12(9-11)16(20-8-7-19-10-18)21-13-3-1-2-4-15(13)22-14/h1-6,9,19H,7-8H2,(H,20,21). The minimum atomic E-state index is 0.462. The highest BCUT2D eigenvalue weighted by atomic mass is 35.5. The van der Waals surface area contributed by atoms with E-state index in [9.17, 15) is 0 Å². The summed E-state index contributed by atoms with van der Waals surface area (Å²) in [5.41, 5.74) is 1.63. The SMILES string of the molecule is N#CNCCN=C1Nc2ccccc2Oc2ccc(Cl)cc21. The van der Waals surface area contributed by atoms with Crippen LogP contribution in [0.5, 0.6) is 11.5 Å². The molecule has 2 N–H and O–H groups in total. The van der Waals surface area contributed by atoms with E-state index in [0.717, 1.165) is 17.0 Å². The van der Waals surface area contributed by atoms with E-state index in [1.54, 1.807) is 6.07 Å². The lowest BCUT2D eigenvalue weighted by Gasteiger charge is -2.09. The summed E-state index contributed by atoms with van der Waals surface area (Å²) in [7, 11) is 0. The number of nitrogens with zero attached hydrogens (tertiary/aromatic N) is 2. The van der Waals surface area contributed by atoms with Gasteiger partial charge in [-0.2, -0.15) is 5.26 Å². The van der Waals surface area contributed by atoms with Crippen LogP contribution in [0.25, 0.3) is 0 Å². The number of ether oxygens (including phenoxy) is 1. The predicted molar refractivity (Wildman–Crippen MR) is 86.6 cm³/mol. The summed E-state index contributed by atoms with van der Waals surface area (Å²) in [4.78, 5) is 4.52. The van der Waals surface area contributed by atoms with Crippen LogP contribution in [-0.4, -0.2) is 18.9 Å². The van der Waals surface area contributed by atoms with Gasteiger partial charge in [-0.15, -0.1) is 0 Å². The monoisotopic (exact) mass is 312 g/mol. The summed E-state index contributed by atoms with van der Waals surface area (Å²) in [6.45, 7) is 0.935. The number of para-hydroxylation sites is 2. The number of rotatable bonds is 3. The number of anilines is 1.